The number of thiol groups is 1. The quantitative estimate of drug-likeness (QED) is 0.0922. The summed E-state index contributed by atoms with van der Waals surface area (Å²) >= 11 is 4.08. The number of aliphatic hydroxyl groups is 1. The number of hydrogen-bond acceptors (Lipinski definition) is 9. The number of aliphatic carboxylic acids is 1. The molecular weight excluding hydrogens is 454 g/mol. The number of hydrogen-bond donors (Lipinski definition) is 9. The van der Waals surface area contributed by atoms with Crippen LogP contribution in [0.5, 0.6) is 0 Å². The minimum atomic E-state index is -1.26. The summed E-state index contributed by atoms with van der Waals surface area (Å²) in [4.78, 5) is 55.8. The minimum Gasteiger partial charge on any atom is -0.480 e. The second-order valence-electron chi connectivity index (χ2n) is 7.54. The van der Waals surface area contributed by atoms with E-state index in [1.165, 1.54) is 19.4 Å². The summed E-state index contributed by atoms with van der Waals surface area (Å²) < 4.78 is 0. The van der Waals surface area contributed by atoms with E-state index in [2.05, 4.69) is 38.5 Å². The molecule has 1 aromatic rings. The lowest BCUT2D eigenvalue weighted by Gasteiger charge is -2.25. The first-order valence-electron chi connectivity index (χ1n) is 10.5. The Kier molecular flexibility index (Phi) is 12.4. The largest absolute Gasteiger partial charge is 0.480 e. The number of unbranched alkanes of at least 4 members (excludes halogenated alkanes) is 1. The third-order valence-corrected chi connectivity index (χ3v) is 5.18. The summed E-state index contributed by atoms with van der Waals surface area (Å²) in [6, 6.07) is -4.70. The van der Waals surface area contributed by atoms with E-state index < -0.39 is 54.0 Å². The molecule has 186 valence electrons. The van der Waals surface area contributed by atoms with Gasteiger partial charge in [0.15, 0.2) is 0 Å². The van der Waals surface area contributed by atoms with Crippen LogP contribution in [0.3, 0.4) is 0 Å². The molecule has 10 N–H and O–H groups in total. The second kappa shape index (κ2) is 14.5. The highest BCUT2D eigenvalue weighted by molar-refractivity contribution is 7.80. The molecule has 1 rings (SSSR count). The van der Waals surface area contributed by atoms with E-state index in [9.17, 15) is 29.4 Å². The van der Waals surface area contributed by atoms with Crippen molar-refractivity contribution in [2.45, 2.75) is 62.9 Å². The molecule has 0 spiro atoms. The topological polar surface area (TPSA) is 226 Å². The lowest BCUT2D eigenvalue weighted by molar-refractivity contribution is -0.142. The van der Waals surface area contributed by atoms with Gasteiger partial charge in [0.25, 0.3) is 0 Å². The molecule has 33 heavy (non-hydrogen) atoms. The second-order valence-corrected chi connectivity index (χ2v) is 7.90. The molecule has 5 atom stereocenters. The zero-order chi connectivity index (χ0) is 25.0. The van der Waals surface area contributed by atoms with Crippen LogP contribution in [0, 0.1) is 0 Å². The van der Waals surface area contributed by atoms with Crippen LogP contribution in [-0.4, -0.2) is 86.4 Å². The number of H-pyrrole nitrogens is 1. The van der Waals surface area contributed by atoms with Crippen LogP contribution in [0.15, 0.2) is 12.5 Å². The first kappa shape index (κ1) is 28.4. The molecule has 14 heteroatoms. The zero-order valence-corrected chi connectivity index (χ0v) is 19.3. The van der Waals surface area contributed by atoms with E-state index in [1.807, 2.05) is 0 Å². The maximum Gasteiger partial charge on any atom is 0.326 e. The Morgan fingerprint density at radius 2 is 1.70 bits per heavy atom. The van der Waals surface area contributed by atoms with E-state index in [1.54, 1.807) is 0 Å². The van der Waals surface area contributed by atoms with Gasteiger partial charge in [-0.05, 0) is 32.7 Å². The fourth-order valence-corrected chi connectivity index (χ4v) is 3.06. The van der Waals surface area contributed by atoms with Crippen LogP contribution < -0.4 is 27.4 Å². The number of imidazole rings is 1. The summed E-state index contributed by atoms with van der Waals surface area (Å²) in [6.45, 7) is 1.74. The Bertz CT molecular complexity index is 777. The van der Waals surface area contributed by atoms with Crippen molar-refractivity contribution >= 4 is 36.3 Å². The van der Waals surface area contributed by atoms with Crippen molar-refractivity contribution in [1.82, 2.24) is 25.9 Å². The number of rotatable bonds is 15. The van der Waals surface area contributed by atoms with E-state index in [4.69, 9.17) is 11.5 Å². The lowest BCUT2D eigenvalue weighted by atomic mass is 10.1. The number of nitrogens with zero attached hydrogens (tertiary/aromatic N) is 1. The third kappa shape index (κ3) is 9.77. The molecule has 0 aliphatic carbocycles. The Hall–Kier alpha value is -2.68. The number of nitrogens with one attached hydrogen (secondary N) is 4. The summed E-state index contributed by atoms with van der Waals surface area (Å²) in [7, 11) is 0. The standard InChI is InChI=1S/C19H33N7O6S/c1-10(27)15(21)18(30)24-12(4-2-3-5-20)16(28)26-14(8-33)17(29)25-13(19(31)32)6-11-7-22-9-23-11/h7,9-10,12-15,27,33H,2-6,8,20-21H2,1H3,(H,22,23)(H,24,30)(H,25,29)(H,26,28)(H,31,32). The number of carboxylic acid groups (broad SMARTS) is 1. The maximum absolute atomic E-state index is 12.8. The number of amides is 3. The maximum atomic E-state index is 12.8. The number of carboxylic acids is 1. The van der Waals surface area contributed by atoms with Crippen LogP contribution in [0.1, 0.15) is 31.9 Å². The fraction of sp³-hybridized carbons (Fsp3) is 0.632. The molecule has 0 bridgehead atoms. The summed E-state index contributed by atoms with van der Waals surface area (Å²) in [6.07, 6.45) is 3.00. The van der Waals surface area contributed by atoms with Crippen LogP contribution in [0.4, 0.5) is 0 Å². The molecule has 0 saturated carbocycles. The Morgan fingerprint density at radius 3 is 2.21 bits per heavy atom. The summed E-state index contributed by atoms with van der Waals surface area (Å²) in [5.74, 6) is -3.53. The van der Waals surface area contributed by atoms with Gasteiger partial charge >= 0.3 is 5.97 Å². The fourth-order valence-electron chi connectivity index (χ4n) is 2.80. The average molecular weight is 488 g/mol. The molecule has 0 aliphatic heterocycles. The predicted molar refractivity (Wildman–Crippen MR) is 122 cm³/mol. The number of aromatic nitrogens is 2. The van der Waals surface area contributed by atoms with Crippen LogP contribution in [0.2, 0.25) is 0 Å². The van der Waals surface area contributed by atoms with Crippen LogP contribution in [-0.2, 0) is 25.6 Å². The van der Waals surface area contributed by atoms with E-state index >= 15 is 0 Å². The Balaban J connectivity index is 2.84. The first-order valence-corrected chi connectivity index (χ1v) is 11.1. The van der Waals surface area contributed by atoms with Crippen LogP contribution >= 0.6 is 12.6 Å². The Morgan fingerprint density at radius 1 is 1.09 bits per heavy atom. The minimum absolute atomic E-state index is 0.0384. The third-order valence-electron chi connectivity index (χ3n) is 4.81. The first-order chi connectivity index (χ1) is 15.6. The van der Waals surface area contributed by atoms with E-state index in [0.717, 1.165) is 0 Å². The van der Waals surface area contributed by atoms with Crippen molar-refractivity contribution < 1.29 is 29.4 Å². The lowest BCUT2D eigenvalue weighted by Crippen LogP contribution is -2.58. The molecule has 0 radical (unpaired) electrons. The van der Waals surface area contributed by atoms with Gasteiger partial charge in [0.2, 0.25) is 17.7 Å². The highest BCUT2D eigenvalue weighted by Crippen LogP contribution is 2.05. The van der Waals surface area contributed by atoms with Gasteiger partial charge in [-0.25, -0.2) is 9.78 Å². The van der Waals surface area contributed by atoms with Gasteiger partial charge in [-0.2, -0.15) is 12.6 Å². The van der Waals surface area contributed by atoms with Crippen molar-refractivity contribution in [2.75, 3.05) is 12.3 Å². The summed E-state index contributed by atoms with van der Waals surface area (Å²) in [5.41, 5.74) is 11.6. The molecule has 1 heterocycles. The van der Waals surface area contributed by atoms with Crippen molar-refractivity contribution in [1.29, 1.82) is 0 Å². The van der Waals surface area contributed by atoms with Gasteiger partial charge in [0.05, 0.1) is 12.4 Å². The molecule has 3 amide bonds. The van der Waals surface area contributed by atoms with Gasteiger partial charge in [0.1, 0.15) is 24.2 Å². The smallest absolute Gasteiger partial charge is 0.326 e. The van der Waals surface area contributed by atoms with Crippen molar-refractivity contribution in [3.8, 4) is 0 Å². The van der Waals surface area contributed by atoms with Crippen molar-refractivity contribution in [2.24, 2.45) is 11.5 Å². The predicted octanol–water partition coefficient (Wildman–Crippen LogP) is -2.74. The number of carbonyl (C=O) groups is 4. The summed E-state index contributed by atoms with van der Waals surface area (Å²) in [5, 5.41) is 26.3. The number of aromatic amines is 1. The molecule has 5 unspecified atom stereocenters. The number of nitrogens with two attached hydrogens (primary N) is 2. The Labute approximate surface area is 196 Å². The van der Waals surface area contributed by atoms with Gasteiger partial charge in [-0.15, -0.1) is 0 Å². The zero-order valence-electron chi connectivity index (χ0n) is 18.4. The van der Waals surface area contributed by atoms with Gasteiger partial charge in [0, 0.05) is 24.1 Å². The average Bonchev–Trinajstić information content (AvgIpc) is 3.28. The van der Waals surface area contributed by atoms with Gasteiger partial charge in [-0.3, -0.25) is 14.4 Å². The SMILES string of the molecule is CC(O)C(N)C(=O)NC(CCCCN)C(=O)NC(CS)C(=O)NC(Cc1cnc[nH]1)C(=O)O. The molecule has 1 aromatic heterocycles. The molecule has 0 aromatic carbocycles. The molecule has 13 nitrogen and oxygen atoms in total. The van der Waals surface area contributed by atoms with Crippen molar-refractivity contribution in [3.05, 3.63) is 18.2 Å². The van der Waals surface area contributed by atoms with Crippen LogP contribution in [0.25, 0.3) is 0 Å². The van der Waals surface area contributed by atoms with Crippen molar-refractivity contribution in [3.63, 3.8) is 0 Å². The highest BCUT2D eigenvalue weighted by Gasteiger charge is 2.30. The molecular formula is C19H33N7O6S. The van der Waals surface area contributed by atoms with Gasteiger partial charge in [-0.1, -0.05) is 0 Å². The van der Waals surface area contributed by atoms with E-state index in [0.29, 0.717) is 25.1 Å². The number of carbonyl (C=O) groups excluding carboxylic acids is 3. The molecule has 0 aliphatic rings. The van der Waals surface area contributed by atoms with Gasteiger partial charge < -0.3 is 42.6 Å². The normalized spacial score (nSPS) is 15.5. The van der Waals surface area contributed by atoms with E-state index in [-0.39, 0.29) is 18.6 Å². The highest BCUT2D eigenvalue weighted by atomic mass is 32.1. The molecule has 0 fully saturated rings. The molecule has 0 saturated heterocycles. The number of aliphatic hydroxyl groups excluding tert-OH is 1. The monoisotopic (exact) mass is 487 g/mol.